The van der Waals surface area contributed by atoms with Gasteiger partial charge in [-0.25, -0.2) is 4.90 Å². The zero-order chi connectivity index (χ0) is 23.7. The Bertz CT molecular complexity index is 1340. The summed E-state index contributed by atoms with van der Waals surface area (Å²) in [6.45, 7) is 0.658. The van der Waals surface area contributed by atoms with Crippen molar-refractivity contribution in [1.29, 1.82) is 0 Å². The predicted molar refractivity (Wildman–Crippen MR) is 129 cm³/mol. The van der Waals surface area contributed by atoms with Gasteiger partial charge in [0.2, 0.25) is 11.8 Å². The number of fused-ring (bicyclic) bond motifs is 7. The summed E-state index contributed by atoms with van der Waals surface area (Å²) in [4.78, 5) is 45.1. The number of anilines is 2. The first-order valence-electron chi connectivity index (χ1n) is 11.1. The summed E-state index contributed by atoms with van der Waals surface area (Å²) < 4.78 is 0. The molecule has 2 aromatic rings. The lowest BCUT2D eigenvalue weighted by atomic mass is 9.74. The summed E-state index contributed by atoms with van der Waals surface area (Å²) in [5.41, 5.74) is 0.0683. The number of nitrogens with one attached hydrogen (secondary N) is 1. The average Bonchev–Trinajstić information content (AvgIpc) is 3.04. The van der Waals surface area contributed by atoms with Gasteiger partial charge < -0.3 is 5.32 Å². The van der Waals surface area contributed by atoms with E-state index in [1.165, 1.54) is 0 Å². The van der Waals surface area contributed by atoms with E-state index in [1.54, 1.807) is 30.3 Å². The number of hydrogen-bond acceptors (Lipinski definition) is 4. The van der Waals surface area contributed by atoms with Crippen LogP contribution in [0.25, 0.3) is 0 Å². The molecule has 2 spiro atoms. The van der Waals surface area contributed by atoms with Gasteiger partial charge >= 0.3 is 0 Å². The van der Waals surface area contributed by atoms with Crippen LogP contribution in [-0.4, -0.2) is 35.2 Å². The summed E-state index contributed by atoms with van der Waals surface area (Å²) in [6.07, 6.45) is 2.87. The van der Waals surface area contributed by atoms with E-state index in [4.69, 9.17) is 46.4 Å². The third-order valence-corrected chi connectivity index (χ3v) is 9.28. The lowest BCUT2D eigenvalue weighted by Gasteiger charge is -2.37. The van der Waals surface area contributed by atoms with Crippen molar-refractivity contribution in [1.82, 2.24) is 4.90 Å². The Kier molecular flexibility index (Phi) is 4.21. The van der Waals surface area contributed by atoms with E-state index in [0.29, 0.717) is 43.6 Å². The molecule has 10 heteroatoms. The molecule has 4 fully saturated rings. The molecule has 1 aliphatic carbocycles. The predicted octanol–water partition coefficient (Wildman–Crippen LogP) is 5.12. The van der Waals surface area contributed by atoms with Crippen LogP contribution in [0.2, 0.25) is 20.1 Å². The fourth-order valence-electron chi connectivity index (χ4n) is 6.89. The van der Waals surface area contributed by atoms with Crippen LogP contribution in [0.4, 0.5) is 11.4 Å². The lowest BCUT2D eigenvalue weighted by Crippen LogP contribution is -2.54. The van der Waals surface area contributed by atoms with E-state index in [2.05, 4.69) is 10.2 Å². The van der Waals surface area contributed by atoms with E-state index in [9.17, 15) is 14.4 Å². The number of benzene rings is 2. The standard InChI is InChI=1S/C24H17Cl4N3O3/c25-10-3-11(26)5-13(4-10)31-20(32)17-16-8-23(1-2-23)9-30(16)24(18(17)21(31)33)14-6-12(27)7-15(28)19(14)29-22(24)34/h3-7,16-18H,1-2,8-9H2,(H,29,34). The van der Waals surface area contributed by atoms with E-state index in [1.807, 2.05) is 0 Å². The zero-order valence-electron chi connectivity index (χ0n) is 17.6. The summed E-state index contributed by atoms with van der Waals surface area (Å²) in [5, 5.41) is 4.22. The van der Waals surface area contributed by atoms with Gasteiger partial charge in [-0.2, -0.15) is 0 Å². The van der Waals surface area contributed by atoms with Crippen molar-refractivity contribution in [2.75, 3.05) is 16.8 Å². The molecule has 1 N–H and O–H groups in total. The molecule has 6 nitrogen and oxygen atoms in total. The molecule has 5 aliphatic rings. The topological polar surface area (TPSA) is 69.7 Å². The molecule has 0 radical (unpaired) electrons. The molecule has 2 aromatic carbocycles. The molecule has 4 aliphatic heterocycles. The lowest BCUT2D eigenvalue weighted by molar-refractivity contribution is -0.135. The van der Waals surface area contributed by atoms with Crippen molar-refractivity contribution in [3.05, 3.63) is 56.0 Å². The van der Waals surface area contributed by atoms with Gasteiger partial charge in [-0.1, -0.05) is 46.4 Å². The van der Waals surface area contributed by atoms with Crippen LogP contribution in [-0.2, 0) is 19.9 Å². The molecule has 174 valence electrons. The number of carbonyl (C=O) groups excluding carboxylic acids is 3. The maximum Gasteiger partial charge on any atom is 0.250 e. The van der Waals surface area contributed by atoms with Gasteiger partial charge in [-0.3, -0.25) is 19.3 Å². The molecule has 1 saturated carbocycles. The normalized spacial score (nSPS) is 32.5. The first-order chi connectivity index (χ1) is 16.2. The largest absolute Gasteiger partial charge is 0.323 e. The molecule has 4 atom stereocenters. The minimum atomic E-state index is -1.35. The second-order valence-electron chi connectivity index (χ2n) is 10.1. The second-order valence-corrected chi connectivity index (χ2v) is 11.8. The van der Waals surface area contributed by atoms with Gasteiger partial charge in [0, 0.05) is 33.2 Å². The summed E-state index contributed by atoms with van der Waals surface area (Å²) in [6, 6.07) is 7.66. The number of imide groups is 1. The Hall–Kier alpha value is -1.83. The Labute approximate surface area is 215 Å². The smallest absolute Gasteiger partial charge is 0.250 e. The van der Waals surface area contributed by atoms with Crippen LogP contribution in [0.5, 0.6) is 0 Å². The van der Waals surface area contributed by atoms with Crippen LogP contribution in [0.1, 0.15) is 24.8 Å². The van der Waals surface area contributed by atoms with E-state index >= 15 is 0 Å². The molecule has 34 heavy (non-hydrogen) atoms. The Balaban J connectivity index is 1.46. The molecule has 7 rings (SSSR count). The van der Waals surface area contributed by atoms with E-state index < -0.39 is 23.3 Å². The highest BCUT2D eigenvalue weighted by molar-refractivity contribution is 6.38. The van der Waals surface area contributed by atoms with Crippen molar-refractivity contribution >= 4 is 75.5 Å². The molecule has 4 heterocycles. The molecule has 4 unspecified atom stereocenters. The Morgan fingerprint density at radius 3 is 2.24 bits per heavy atom. The number of carbonyl (C=O) groups is 3. The van der Waals surface area contributed by atoms with Crippen LogP contribution in [0, 0.1) is 17.3 Å². The summed E-state index contributed by atoms with van der Waals surface area (Å²) >= 11 is 25.2. The van der Waals surface area contributed by atoms with Crippen LogP contribution in [0.3, 0.4) is 0 Å². The number of rotatable bonds is 1. The van der Waals surface area contributed by atoms with Crippen molar-refractivity contribution < 1.29 is 14.4 Å². The summed E-state index contributed by atoms with van der Waals surface area (Å²) in [7, 11) is 0. The van der Waals surface area contributed by atoms with Gasteiger partial charge in [0.1, 0.15) is 5.54 Å². The SMILES string of the molecule is O=C1C2C3CC4(CC4)CN3C3(C(=O)Nc4c(Cl)cc(Cl)cc43)C2C(=O)N1c1cc(Cl)cc(Cl)c1. The molecule has 0 bridgehead atoms. The molecular weight excluding hydrogens is 520 g/mol. The third kappa shape index (κ3) is 2.51. The number of halogens is 4. The fraction of sp³-hybridized carbons (Fsp3) is 0.375. The zero-order valence-corrected chi connectivity index (χ0v) is 20.6. The Morgan fingerprint density at radius 1 is 0.882 bits per heavy atom. The molecule has 3 saturated heterocycles. The molecular formula is C24H17Cl4N3O3. The van der Waals surface area contributed by atoms with Gasteiger partial charge in [-0.05, 0) is 55.0 Å². The number of amides is 3. The second kappa shape index (κ2) is 6.68. The van der Waals surface area contributed by atoms with Gasteiger partial charge in [-0.15, -0.1) is 0 Å². The van der Waals surface area contributed by atoms with Crippen LogP contribution in [0.15, 0.2) is 30.3 Å². The fourth-order valence-corrected chi connectivity index (χ4v) is 7.94. The first-order valence-corrected chi connectivity index (χ1v) is 12.6. The van der Waals surface area contributed by atoms with Crippen molar-refractivity contribution in [3.63, 3.8) is 0 Å². The van der Waals surface area contributed by atoms with Crippen LogP contribution < -0.4 is 10.2 Å². The number of nitrogens with zero attached hydrogens (tertiary/aromatic N) is 2. The molecule has 0 aromatic heterocycles. The van der Waals surface area contributed by atoms with E-state index in [-0.39, 0.29) is 23.3 Å². The minimum absolute atomic E-state index is 0.0875. The van der Waals surface area contributed by atoms with E-state index in [0.717, 1.165) is 24.2 Å². The first kappa shape index (κ1) is 21.5. The van der Waals surface area contributed by atoms with Crippen LogP contribution >= 0.6 is 46.4 Å². The highest BCUT2D eigenvalue weighted by Gasteiger charge is 2.77. The quantitative estimate of drug-likeness (QED) is 0.513. The van der Waals surface area contributed by atoms with Gasteiger partial charge in [0.25, 0.3) is 5.91 Å². The van der Waals surface area contributed by atoms with Crippen molar-refractivity contribution in [2.24, 2.45) is 17.3 Å². The highest BCUT2D eigenvalue weighted by Crippen LogP contribution is 2.68. The molecule has 3 amide bonds. The maximum absolute atomic E-state index is 14.1. The average molecular weight is 537 g/mol. The minimum Gasteiger partial charge on any atom is -0.323 e. The monoisotopic (exact) mass is 535 g/mol. The van der Waals surface area contributed by atoms with Crippen molar-refractivity contribution in [3.8, 4) is 0 Å². The highest BCUT2D eigenvalue weighted by atomic mass is 35.5. The summed E-state index contributed by atoms with van der Waals surface area (Å²) in [5.74, 6) is -2.68. The van der Waals surface area contributed by atoms with Gasteiger partial charge in [0.15, 0.2) is 0 Å². The van der Waals surface area contributed by atoms with Crippen molar-refractivity contribution in [2.45, 2.75) is 30.8 Å². The third-order valence-electron chi connectivity index (χ3n) is 8.33. The Morgan fingerprint density at radius 2 is 1.56 bits per heavy atom. The van der Waals surface area contributed by atoms with Gasteiger partial charge in [0.05, 0.1) is 28.2 Å². The maximum atomic E-state index is 14.1. The number of hydrogen-bond donors (Lipinski definition) is 1.